The molecule has 0 aliphatic carbocycles. The van der Waals surface area contributed by atoms with Crippen LogP contribution in [-0.2, 0) is 0 Å². The van der Waals surface area contributed by atoms with E-state index in [1.807, 2.05) is 17.5 Å². The Kier molecular flexibility index (Phi) is 3.48. The number of benzene rings is 1. The van der Waals surface area contributed by atoms with Gasteiger partial charge in [0.15, 0.2) is 0 Å². The van der Waals surface area contributed by atoms with Crippen molar-refractivity contribution in [2.24, 2.45) is 0 Å². The summed E-state index contributed by atoms with van der Waals surface area (Å²) in [7, 11) is 0. The van der Waals surface area contributed by atoms with Gasteiger partial charge in [-0.3, -0.25) is 0 Å². The van der Waals surface area contributed by atoms with Gasteiger partial charge < -0.3 is 5.11 Å². The summed E-state index contributed by atoms with van der Waals surface area (Å²) in [6.07, 6.45) is 1.33. The number of halogens is 1. The average Bonchev–Trinajstić information content (AvgIpc) is 3.06. The molecule has 7 heteroatoms. The van der Waals surface area contributed by atoms with Crippen LogP contribution < -0.4 is 0 Å². The molecular formula is C14H10ClN3O2S. The van der Waals surface area contributed by atoms with Gasteiger partial charge >= 0.3 is 5.97 Å². The highest BCUT2D eigenvalue weighted by molar-refractivity contribution is 7.12. The average molecular weight is 320 g/mol. The first-order chi connectivity index (χ1) is 10.1. The van der Waals surface area contributed by atoms with Crippen molar-refractivity contribution in [1.82, 2.24) is 14.8 Å². The van der Waals surface area contributed by atoms with Crippen LogP contribution in [0.2, 0.25) is 5.02 Å². The van der Waals surface area contributed by atoms with Gasteiger partial charge in [-0.1, -0.05) is 23.7 Å². The molecule has 1 N–H and O–H groups in total. The molecule has 0 aliphatic rings. The highest BCUT2D eigenvalue weighted by Crippen LogP contribution is 2.26. The van der Waals surface area contributed by atoms with Gasteiger partial charge in [0.1, 0.15) is 5.56 Å². The predicted octanol–water partition coefficient (Wildman–Crippen LogP) is 3.66. The van der Waals surface area contributed by atoms with Gasteiger partial charge in [-0.2, -0.15) is 5.10 Å². The molecule has 2 heterocycles. The molecule has 3 rings (SSSR count). The van der Waals surface area contributed by atoms with E-state index in [1.165, 1.54) is 22.2 Å². The van der Waals surface area contributed by atoms with Gasteiger partial charge in [-0.15, -0.1) is 11.3 Å². The molecule has 0 unspecified atom stereocenters. The van der Waals surface area contributed by atoms with Crippen molar-refractivity contribution in [2.75, 3.05) is 0 Å². The van der Waals surface area contributed by atoms with E-state index in [-0.39, 0.29) is 5.56 Å². The topological polar surface area (TPSA) is 68.0 Å². The number of carbonyl (C=O) groups is 1. The Labute approximate surface area is 129 Å². The Balaban J connectivity index is 1.99. The lowest BCUT2D eigenvalue weighted by molar-refractivity contribution is 0.0696. The summed E-state index contributed by atoms with van der Waals surface area (Å²) in [5, 5.41) is 16.3. The molecule has 0 atom stereocenters. The summed E-state index contributed by atoms with van der Waals surface area (Å²) in [5.74, 6) is -0.992. The standard InChI is InChI=1S/C14H10ClN3O2S/c1-8-11(13(19)20)6-16-18(8)14-17-12(7-21-14)9-2-4-10(15)5-3-9/h2-7H,1H3,(H,19,20). The van der Waals surface area contributed by atoms with Crippen LogP contribution in [0.4, 0.5) is 0 Å². The minimum atomic E-state index is -0.992. The van der Waals surface area contributed by atoms with Crippen molar-refractivity contribution in [2.45, 2.75) is 6.92 Å². The van der Waals surface area contributed by atoms with Gasteiger partial charge in [0.25, 0.3) is 0 Å². The second-order valence-electron chi connectivity index (χ2n) is 4.38. The number of aromatic nitrogens is 3. The molecule has 0 bridgehead atoms. The fourth-order valence-electron chi connectivity index (χ4n) is 1.93. The number of nitrogens with zero attached hydrogens (tertiary/aromatic N) is 3. The highest BCUT2D eigenvalue weighted by Gasteiger charge is 2.16. The van der Waals surface area contributed by atoms with Crippen LogP contribution in [0.1, 0.15) is 16.1 Å². The van der Waals surface area contributed by atoms with Crippen molar-refractivity contribution < 1.29 is 9.90 Å². The third kappa shape index (κ3) is 2.55. The van der Waals surface area contributed by atoms with E-state index >= 15 is 0 Å². The lowest BCUT2D eigenvalue weighted by atomic mass is 10.2. The first kappa shape index (κ1) is 13.8. The number of aromatic carboxylic acids is 1. The molecule has 3 aromatic rings. The third-order valence-corrected chi connectivity index (χ3v) is 4.12. The minimum Gasteiger partial charge on any atom is -0.478 e. The van der Waals surface area contributed by atoms with E-state index in [0.717, 1.165) is 11.3 Å². The van der Waals surface area contributed by atoms with Crippen LogP contribution >= 0.6 is 22.9 Å². The molecule has 106 valence electrons. The van der Waals surface area contributed by atoms with Crippen molar-refractivity contribution >= 4 is 28.9 Å². The van der Waals surface area contributed by atoms with E-state index in [9.17, 15) is 4.79 Å². The van der Waals surface area contributed by atoms with Gasteiger partial charge in [0, 0.05) is 16.0 Å². The lowest BCUT2D eigenvalue weighted by Crippen LogP contribution is -2.02. The maximum atomic E-state index is 11.0. The zero-order valence-corrected chi connectivity index (χ0v) is 12.5. The van der Waals surface area contributed by atoms with Gasteiger partial charge in [-0.25, -0.2) is 14.5 Å². The Bertz CT molecular complexity index is 808. The molecule has 2 aromatic heterocycles. The Morgan fingerprint density at radius 2 is 2.05 bits per heavy atom. The minimum absolute atomic E-state index is 0.179. The SMILES string of the molecule is Cc1c(C(=O)O)cnn1-c1nc(-c2ccc(Cl)cc2)cs1. The monoisotopic (exact) mass is 319 g/mol. The van der Waals surface area contributed by atoms with E-state index in [1.54, 1.807) is 19.1 Å². The van der Waals surface area contributed by atoms with Crippen LogP contribution in [0.3, 0.4) is 0 Å². The fourth-order valence-corrected chi connectivity index (χ4v) is 2.89. The quantitative estimate of drug-likeness (QED) is 0.800. The second-order valence-corrected chi connectivity index (χ2v) is 5.66. The number of hydrogen-bond acceptors (Lipinski definition) is 4. The van der Waals surface area contributed by atoms with Crippen LogP contribution in [0, 0.1) is 6.92 Å². The zero-order valence-electron chi connectivity index (χ0n) is 10.9. The normalized spacial score (nSPS) is 10.8. The highest BCUT2D eigenvalue weighted by atomic mass is 35.5. The third-order valence-electron chi connectivity index (χ3n) is 3.05. The number of thiazole rings is 1. The maximum Gasteiger partial charge on any atom is 0.339 e. The summed E-state index contributed by atoms with van der Waals surface area (Å²) in [6.45, 7) is 1.71. The largest absolute Gasteiger partial charge is 0.478 e. The number of hydrogen-bond donors (Lipinski definition) is 1. The smallest absolute Gasteiger partial charge is 0.339 e. The number of carboxylic acid groups (broad SMARTS) is 1. The lowest BCUT2D eigenvalue weighted by Gasteiger charge is -1.99. The molecular weight excluding hydrogens is 310 g/mol. The van der Waals surface area contributed by atoms with Crippen LogP contribution in [-0.4, -0.2) is 25.8 Å². The zero-order chi connectivity index (χ0) is 15.0. The molecule has 0 amide bonds. The molecule has 0 radical (unpaired) electrons. The van der Waals surface area contributed by atoms with Crippen molar-refractivity contribution in [3.8, 4) is 16.4 Å². The Morgan fingerprint density at radius 3 is 2.67 bits per heavy atom. The van der Waals surface area contributed by atoms with Crippen molar-refractivity contribution in [3.63, 3.8) is 0 Å². The summed E-state index contributed by atoms with van der Waals surface area (Å²) < 4.78 is 1.54. The molecule has 5 nitrogen and oxygen atoms in total. The van der Waals surface area contributed by atoms with E-state index < -0.39 is 5.97 Å². The Morgan fingerprint density at radius 1 is 1.33 bits per heavy atom. The molecule has 0 saturated carbocycles. The van der Waals surface area contributed by atoms with Gasteiger partial charge in [0.2, 0.25) is 5.13 Å². The maximum absolute atomic E-state index is 11.0. The van der Waals surface area contributed by atoms with E-state index in [4.69, 9.17) is 16.7 Å². The molecule has 0 spiro atoms. The van der Waals surface area contributed by atoms with Gasteiger partial charge in [-0.05, 0) is 19.1 Å². The molecule has 0 saturated heterocycles. The second kappa shape index (κ2) is 5.31. The number of carboxylic acids is 1. The van der Waals surface area contributed by atoms with Crippen LogP contribution in [0.5, 0.6) is 0 Å². The molecule has 0 aliphatic heterocycles. The summed E-state index contributed by atoms with van der Waals surface area (Å²) in [5.41, 5.74) is 2.49. The van der Waals surface area contributed by atoms with Crippen molar-refractivity contribution in [3.05, 3.63) is 52.1 Å². The van der Waals surface area contributed by atoms with E-state index in [0.29, 0.717) is 15.8 Å². The predicted molar refractivity (Wildman–Crippen MR) is 81.4 cm³/mol. The van der Waals surface area contributed by atoms with Gasteiger partial charge in [0.05, 0.1) is 17.6 Å². The van der Waals surface area contributed by atoms with Crippen molar-refractivity contribution in [1.29, 1.82) is 0 Å². The molecule has 21 heavy (non-hydrogen) atoms. The Hall–Kier alpha value is -2.18. The molecule has 1 aromatic carbocycles. The summed E-state index contributed by atoms with van der Waals surface area (Å²) in [6, 6.07) is 7.38. The molecule has 0 fully saturated rings. The van der Waals surface area contributed by atoms with Crippen LogP contribution in [0.15, 0.2) is 35.8 Å². The fraction of sp³-hybridized carbons (Fsp3) is 0.0714. The van der Waals surface area contributed by atoms with E-state index in [2.05, 4.69) is 10.1 Å². The van der Waals surface area contributed by atoms with Crippen LogP contribution in [0.25, 0.3) is 16.4 Å². The first-order valence-corrected chi connectivity index (χ1v) is 7.32. The summed E-state index contributed by atoms with van der Waals surface area (Å²) >= 11 is 7.27. The summed E-state index contributed by atoms with van der Waals surface area (Å²) in [4.78, 5) is 15.5. The number of rotatable bonds is 3. The first-order valence-electron chi connectivity index (χ1n) is 6.06.